The Balaban J connectivity index is 2.23. The SMILES string of the molecule is O=C(O)CCCCCNc1ccnc(C(O)O)c1. The van der Waals surface area contributed by atoms with Gasteiger partial charge in [0.15, 0.2) is 6.29 Å². The molecule has 0 spiro atoms. The number of nitrogens with zero attached hydrogens (tertiary/aromatic N) is 1. The van der Waals surface area contributed by atoms with Crippen LogP contribution in [0.4, 0.5) is 5.69 Å². The van der Waals surface area contributed by atoms with Gasteiger partial charge in [-0.15, -0.1) is 0 Å². The third-order valence-corrected chi connectivity index (χ3v) is 2.44. The Morgan fingerprint density at radius 3 is 2.78 bits per heavy atom. The highest BCUT2D eigenvalue weighted by molar-refractivity contribution is 5.66. The van der Waals surface area contributed by atoms with E-state index in [9.17, 15) is 4.79 Å². The fourth-order valence-electron chi connectivity index (χ4n) is 1.51. The van der Waals surface area contributed by atoms with E-state index in [0.717, 1.165) is 18.5 Å². The number of unbranched alkanes of at least 4 members (excludes halogenated alkanes) is 2. The molecule has 6 heteroatoms. The summed E-state index contributed by atoms with van der Waals surface area (Å²) in [5, 5.41) is 29.5. The predicted molar refractivity (Wildman–Crippen MR) is 66.0 cm³/mol. The monoisotopic (exact) mass is 254 g/mol. The smallest absolute Gasteiger partial charge is 0.303 e. The highest BCUT2D eigenvalue weighted by Crippen LogP contribution is 2.13. The lowest BCUT2D eigenvalue weighted by molar-refractivity contribution is -0.137. The van der Waals surface area contributed by atoms with E-state index in [1.807, 2.05) is 0 Å². The second kappa shape index (κ2) is 7.62. The molecule has 0 atom stereocenters. The average Bonchev–Trinajstić information content (AvgIpc) is 2.33. The van der Waals surface area contributed by atoms with Crippen LogP contribution in [0.2, 0.25) is 0 Å². The van der Waals surface area contributed by atoms with Crippen LogP contribution in [0.25, 0.3) is 0 Å². The van der Waals surface area contributed by atoms with E-state index in [2.05, 4.69) is 10.3 Å². The number of carboxylic acid groups (broad SMARTS) is 1. The summed E-state index contributed by atoms with van der Waals surface area (Å²) in [6, 6.07) is 3.31. The van der Waals surface area contributed by atoms with E-state index < -0.39 is 12.3 Å². The van der Waals surface area contributed by atoms with Crippen molar-refractivity contribution in [3.8, 4) is 0 Å². The Morgan fingerprint density at radius 2 is 2.11 bits per heavy atom. The number of rotatable bonds is 8. The number of aliphatic hydroxyl groups excluding tert-OH is 1. The Bertz CT molecular complexity index is 382. The molecule has 0 saturated heterocycles. The van der Waals surface area contributed by atoms with Crippen molar-refractivity contribution in [1.29, 1.82) is 0 Å². The molecule has 18 heavy (non-hydrogen) atoms. The molecule has 0 saturated carbocycles. The molecule has 0 aliphatic rings. The number of hydrogen-bond acceptors (Lipinski definition) is 5. The Labute approximate surface area is 105 Å². The number of carboxylic acids is 1. The summed E-state index contributed by atoms with van der Waals surface area (Å²) in [7, 11) is 0. The molecular weight excluding hydrogens is 236 g/mol. The summed E-state index contributed by atoms with van der Waals surface area (Å²) in [6.07, 6.45) is 2.53. The van der Waals surface area contributed by atoms with Crippen molar-refractivity contribution < 1.29 is 20.1 Å². The van der Waals surface area contributed by atoms with Crippen molar-refractivity contribution in [3.05, 3.63) is 24.0 Å². The van der Waals surface area contributed by atoms with Crippen LogP contribution in [0.1, 0.15) is 37.7 Å². The maximum absolute atomic E-state index is 10.3. The molecule has 6 nitrogen and oxygen atoms in total. The van der Waals surface area contributed by atoms with Gasteiger partial charge < -0.3 is 20.6 Å². The molecule has 0 unspecified atom stereocenters. The first-order valence-corrected chi connectivity index (χ1v) is 5.87. The number of aliphatic hydroxyl groups is 2. The summed E-state index contributed by atoms with van der Waals surface area (Å²) in [5.41, 5.74) is 0.970. The van der Waals surface area contributed by atoms with Crippen LogP contribution in [-0.2, 0) is 4.79 Å². The molecule has 100 valence electrons. The lowest BCUT2D eigenvalue weighted by atomic mass is 10.2. The molecule has 4 N–H and O–H groups in total. The van der Waals surface area contributed by atoms with Gasteiger partial charge >= 0.3 is 5.97 Å². The largest absolute Gasteiger partial charge is 0.481 e. The molecule has 1 rings (SSSR count). The van der Waals surface area contributed by atoms with Crippen molar-refractivity contribution in [2.75, 3.05) is 11.9 Å². The van der Waals surface area contributed by atoms with Gasteiger partial charge in [-0.05, 0) is 25.0 Å². The highest BCUT2D eigenvalue weighted by Gasteiger charge is 2.04. The summed E-state index contributed by atoms with van der Waals surface area (Å²) in [5.74, 6) is -0.765. The highest BCUT2D eigenvalue weighted by atomic mass is 16.5. The van der Waals surface area contributed by atoms with Gasteiger partial charge in [0.1, 0.15) is 0 Å². The second-order valence-corrected chi connectivity index (χ2v) is 3.97. The summed E-state index contributed by atoms with van der Waals surface area (Å²) in [4.78, 5) is 14.1. The second-order valence-electron chi connectivity index (χ2n) is 3.97. The van der Waals surface area contributed by atoms with Crippen molar-refractivity contribution in [2.24, 2.45) is 0 Å². The lowest BCUT2D eigenvalue weighted by Crippen LogP contribution is -2.04. The fraction of sp³-hybridized carbons (Fsp3) is 0.500. The zero-order valence-electron chi connectivity index (χ0n) is 10.0. The standard InChI is InChI=1S/C12H18N2O4/c15-11(16)4-2-1-3-6-13-9-5-7-14-10(8-9)12(17)18/h5,7-8,12,17-18H,1-4,6H2,(H,13,14)(H,15,16). The van der Waals surface area contributed by atoms with Crippen LogP contribution in [0.5, 0.6) is 0 Å². The Kier molecular flexibility index (Phi) is 6.10. The van der Waals surface area contributed by atoms with Crippen LogP contribution < -0.4 is 5.32 Å². The van der Waals surface area contributed by atoms with Crippen molar-refractivity contribution >= 4 is 11.7 Å². The maximum Gasteiger partial charge on any atom is 0.303 e. The number of anilines is 1. The molecule has 0 aliphatic heterocycles. The van der Waals surface area contributed by atoms with E-state index in [0.29, 0.717) is 13.0 Å². The van der Waals surface area contributed by atoms with E-state index in [-0.39, 0.29) is 12.1 Å². The van der Waals surface area contributed by atoms with Crippen molar-refractivity contribution in [1.82, 2.24) is 4.98 Å². The molecule has 1 aromatic heterocycles. The first kappa shape index (κ1) is 14.4. The van der Waals surface area contributed by atoms with E-state index in [1.54, 1.807) is 12.1 Å². The molecule has 0 bridgehead atoms. The minimum absolute atomic E-state index is 0.200. The number of aliphatic carboxylic acids is 1. The number of carbonyl (C=O) groups is 1. The van der Waals surface area contributed by atoms with E-state index in [4.69, 9.17) is 15.3 Å². The normalized spacial score (nSPS) is 10.6. The zero-order chi connectivity index (χ0) is 13.4. The van der Waals surface area contributed by atoms with Gasteiger partial charge in [-0.1, -0.05) is 6.42 Å². The molecule has 0 radical (unpaired) electrons. The number of nitrogens with one attached hydrogen (secondary N) is 1. The third kappa shape index (κ3) is 5.60. The molecule has 0 fully saturated rings. The van der Waals surface area contributed by atoms with Crippen LogP contribution in [0.15, 0.2) is 18.3 Å². The molecule has 1 heterocycles. The van der Waals surface area contributed by atoms with Gasteiger partial charge in [-0.2, -0.15) is 0 Å². The quantitative estimate of drug-likeness (QED) is 0.409. The van der Waals surface area contributed by atoms with Gasteiger partial charge in [0.25, 0.3) is 0 Å². The summed E-state index contributed by atoms with van der Waals surface area (Å²) >= 11 is 0. The average molecular weight is 254 g/mol. The molecule has 0 aliphatic carbocycles. The van der Waals surface area contributed by atoms with E-state index >= 15 is 0 Å². The minimum atomic E-state index is -1.57. The first-order valence-electron chi connectivity index (χ1n) is 5.87. The molecular formula is C12H18N2O4. The van der Waals surface area contributed by atoms with Crippen molar-refractivity contribution in [2.45, 2.75) is 32.0 Å². The molecule has 1 aromatic rings. The maximum atomic E-state index is 10.3. The number of pyridine rings is 1. The zero-order valence-corrected chi connectivity index (χ0v) is 10.0. The first-order chi connectivity index (χ1) is 8.59. The summed E-state index contributed by atoms with van der Waals surface area (Å²) < 4.78 is 0. The van der Waals surface area contributed by atoms with E-state index in [1.165, 1.54) is 6.20 Å². The minimum Gasteiger partial charge on any atom is -0.481 e. The van der Waals surface area contributed by atoms with Gasteiger partial charge in [0.2, 0.25) is 0 Å². The van der Waals surface area contributed by atoms with Crippen LogP contribution >= 0.6 is 0 Å². The summed E-state index contributed by atoms with van der Waals surface area (Å²) in [6.45, 7) is 0.713. The third-order valence-electron chi connectivity index (χ3n) is 2.44. The predicted octanol–water partition coefficient (Wildman–Crippen LogP) is 1.12. The lowest BCUT2D eigenvalue weighted by Gasteiger charge is -2.08. The van der Waals surface area contributed by atoms with Gasteiger partial charge in [0.05, 0.1) is 5.69 Å². The van der Waals surface area contributed by atoms with Crippen LogP contribution in [0, 0.1) is 0 Å². The van der Waals surface area contributed by atoms with Crippen LogP contribution in [0.3, 0.4) is 0 Å². The van der Waals surface area contributed by atoms with Gasteiger partial charge in [-0.25, -0.2) is 0 Å². The van der Waals surface area contributed by atoms with Gasteiger partial charge in [-0.3, -0.25) is 9.78 Å². The molecule has 0 aromatic carbocycles. The number of aromatic nitrogens is 1. The van der Waals surface area contributed by atoms with Gasteiger partial charge in [0, 0.05) is 24.8 Å². The van der Waals surface area contributed by atoms with Crippen molar-refractivity contribution in [3.63, 3.8) is 0 Å². The van der Waals surface area contributed by atoms with Crippen LogP contribution in [-0.4, -0.2) is 32.8 Å². The molecule has 0 amide bonds. The Hall–Kier alpha value is -1.66. The number of hydrogen-bond donors (Lipinski definition) is 4. The Morgan fingerprint density at radius 1 is 1.33 bits per heavy atom. The fourth-order valence-corrected chi connectivity index (χ4v) is 1.51. The topological polar surface area (TPSA) is 103 Å².